The first-order chi connectivity index (χ1) is 10.2. The van der Waals surface area contributed by atoms with Crippen molar-refractivity contribution in [1.29, 1.82) is 0 Å². The topological polar surface area (TPSA) is 75.1 Å². The summed E-state index contributed by atoms with van der Waals surface area (Å²) >= 11 is 0. The third-order valence-corrected chi connectivity index (χ3v) is 4.22. The molecule has 110 valence electrons. The van der Waals surface area contributed by atoms with Gasteiger partial charge in [-0.2, -0.15) is 0 Å². The van der Waals surface area contributed by atoms with Gasteiger partial charge >= 0.3 is 5.97 Å². The van der Waals surface area contributed by atoms with Crippen molar-refractivity contribution in [2.45, 2.75) is 25.7 Å². The summed E-state index contributed by atoms with van der Waals surface area (Å²) in [6, 6.07) is 7.80. The predicted molar refractivity (Wildman–Crippen MR) is 81.1 cm³/mol. The number of benzene rings is 1. The highest BCUT2D eigenvalue weighted by Gasteiger charge is 2.25. The molecule has 0 saturated heterocycles. The Morgan fingerprint density at radius 1 is 1.19 bits per heavy atom. The minimum Gasteiger partial charge on any atom is -0.481 e. The van der Waals surface area contributed by atoms with Gasteiger partial charge < -0.3 is 10.4 Å². The van der Waals surface area contributed by atoms with Crippen LogP contribution in [0.4, 0.5) is 5.82 Å². The molecule has 1 saturated carbocycles. The zero-order valence-electron chi connectivity index (χ0n) is 11.8. The molecule has 0 radical (unpaired) electrons. The summed E-state index contributed by atoms with van der Waals surface area (Å²) in [6.07, 6.45) is 5.25. The summed E-state index contributed by atoms with van der Waals surface area (Å²) in [4.78, 5) is 19.8. The van der Waals surface area contributed by atoms with Gasteiger partial charge in [-0.15, -0.1) is 0 Å². The Balaban J connectivity index is 1.56. The molecule has 3 rings (SSSR count). The van der Waals surface area contributed by atoms with Gasteiger partial charge in [-0.1, -0.05) is 12.1 Å². The van der Waals surface area contributed by atoms with E-state index in [1.165, 1.54) is 0 Å². The molecule has 1 aromatic carbocycles. The summed E-state index contributed by atoms with van der Waals surface area (Å²) < 4.78 is 0. The number of aliphatic carboxylic acids is 1. The van der Waals surface area contributed by atoms with Gasteiger partial charge in [0.2, 0.25) is 0 Å². The number of nitrogens with zero attached hydrogens (tertiary/aromatic N) is 2. The van der Waals surface area contributed by atoms with Crippen LogP contribution in [0.1, 0.15) is 25.7 Å². The standard InChI is InChI=1S/C16H19N3O2/c20-16(21)12-7-5-11(6-8-12)9-18-15-10-17-13-3-1-2-4-14(13)19-15/h1-4,10-12H,5-9H2,(H,18,19)(H,20,21). The fourth-order valence-electron chi connectivity index (χ4n) is 2.90. The minimum atomic E-state index is -0.651. The van der Waals surface area contributed by atoms with E-state index in [-0.39, 0.29) is 5.92 Å². The third-order valence-electron chi connectivity index (χ3n) is 4.22. The Hall–Kier alpha value is -2.17. The van der Waals surface area contributed by atoms with Crippen LogP contribution >= 0.6 is 0 Å². The van der Waals surface area contributed by atoms with Crippen molar-refractivity contribution in [3.05, 3.63) is 30.5 Å². The van der Waals surface area contributed by atoms with Crippen molar-refractivity contribution in [3.8, 4) is 0 Å². The van der Waals surface area contributed by atoms with Gasteiger partial charge in [-0.05, 0) is 43.7 Å². The van der Waals surface area contributed by atoms with Gasteiger partial charge in [0.1, 0.15) is 5.82 Å². The molecule has 5 heteroatoms. The van der Waals surface area contributed by atoms with E-state index < -0.39 is 5.97 Å². The van der Waals surface area contributed by atoms with E-state index in [4.69, 9.17) is 5.11 Å². The van der Waals surface area contributed by atoms with Crippen LogP contribution in [0.3, 0.4) is 0 Å². The molecular formula is C16H19N3O2. The van der Waals surface area contributed by atoms with Crippen molar-refractivity contribution >= 4 is 22.8 Å². The first-order valence-electron chi connectivity index (χ1n) is 7.41. The maximum absolute atomic E-state index is 10.9. The van der Waals surface area contributed by atoms with Crippen LogP contribution in [-0.4, -0.2) is 27.6 Å². The summed E-state index contributed by atoms with van der Waals surface area (Å²) in [7, 11) is 0. The fourth-order valence-corrected chi connectivity index (χ4v) is 2.90. The largest absolute Gasteiger partial charge is 0.481 e. The summed E-state index contributed by atoms with van der Waals surface area (Å²) in [5.74, 6) is 0.506. The average Bonchev–Trinajstić information content (AvgIpc) is 2.53. The Bertz CT molecular complexity index is 636. The van der Waals surface area contributed by atoms with E-state index in [0.29, 0.717) is 5.92 Å². The molecule has 5 nitrogen and oxygen atoms in total. The number of fused-ring (bicyclic) bond motifs is 1. The second kappa shape index (κ2) is 6.08. The molecule has 1 aliphatic carbocycles. The van der Waals surface area contributed by atoms with Gasteiger partial charge in [0.15, 0.2) is 0 Å². The third kappa shape index (κ3) is 3.29. The van der Waals surface area contributed by atoms with Gasteiger partial charge in [0.05, 0.1) is 23.1 Å². The lowest BCUT2D eigenvalue weighted by molar-refractivity contribution is -0.143. The fraction of sp³-hybridized carbons (Fsp3) is 0.438. The number of carbonyl (C=O) groups is 1. The van der Waals surface area contributed by atoms with E-state index in [9.17, 15) is 4.79 Å². The molecular weight excluding hydrogens is 266 g/mol. The number of aromatic nitrogens is 2. The number of carboxylic acids is 1. The zero-order valence-corrected chi connectivity index (χ0v) is 11.8. The molecule has 1 heterocycles. The van der Waals surface area contributed by atoms with E-state index in [1.807, 2.05) is 24.3 Å². The molecule has 2 aromatic rings. The molecule has 1 aliphatic rings. The number of para-hydroxylation sites is 2. The molecule has 21 heavy (non-hydrogen) atoms. The first-order valence-corrected chi connectivity index (χ1v) is 7.41. The number of hydrogen-bond acceptors (Lipinski definition) is 4. The van der Waals surface area contributed by atoms with Crippen molar-refractivity contribution in [3.63, 3.8) is 0 Å². The maximum atomic E-state index is 10.9. The van der Waals surface area contributed by atoms with Crippen molar-refractivity contribution in [1.82, 2.24) is 9.97 Å². The number of rotatable bonds is 4. The van der Waals surface area contributed by atoms with Gasteiger partial charge in [0, 0.05) is 6.54 Å². The van der Waals surface area contributed by atoms with E-state index in [0.717, 1.165) is 49.1 Å². The van der Waals surface area contributed by atoms with Gasteiger partial charge in [0.25, 0.3) is 0 Å². The monoisotopic (exact) mass is 285 g/mol. The number of hydrogen-bond donors (Lipinski definition) is 2. The van der Waals surface area contributed by atoms with Gasteiger partial charge in [-0.3, -0.25) is 9.78 Å². The van der Waals surface area contributed by atoms with Crippen LogP contribution < -0.4 is 5.32 Å². The van der Waals surface area contributed by atoms with Crippen molar-refractivity contribution in [2.24, 2.45) is 11.8 Å². The Morgan fingerprint density at radius 2 is 1.90 bits per heavy atom. The quantitative estimate of drug-likeness (QED) is 0.903. The van der Waals surface area contributed by atoms with Crippen molar-refractivity contribution < 1.29 is 9.90 Å². The molecule has 0 bridgehead atoms. The average molecular weight is 285 g/mol. The van der Waals surface area contributed by atoms with Crippen LogP contribution in [-0.2, 0) is 4.79 Å². The van der Waals surface area contributed by atoms with Crippen LogP contribution in [0, 0.1) is 11.8 Å². The summed E-state index contributed by atoms with van der Waals surface area (Å²) in [6.45, 7) is 0.833. The van der Waals surface area contributed by atoms with E-state index in [1.54, 1.807) is 6.20 Å². The van der Waals surface area contributed by atoms with Crippen LogP contribution in [0.25, 0.3) is 11.0 Å². The molecule has 0 amide bonds. The van der Waals surface area contributed by atoms with Crippen molar-refractivity contribution in [2.75, 3.05) is 11.9 Å². The second-order valence-corrected chi connectivity index (χ2v) is 5.68. The molecule has 0 spiro atoms. The summed E-state index contributed by atoms with van der Waals surface area (Å²) in [5.41, 5.74) is 1.78. The summed E-state index contributed by atoms with van der Waals surface area (Å²) in [5, 5.41) is 12.3. The number of nitrogens with one attached hydrogen (secondary N) is 1. The Kier molecular flexibility index (Phi) is 3.99. The minimum absolute atomic E-state index is 0.151. The normalized spacial score (nSPS) is 22.1. The smallest absolute Gasteiger partial charge is 0.306 e. The second-order valence-electron chi connectivity index (χ2n) is 5.68. The highest BCUT2D eigenvalue weighted by atomic mass is 16.4. The van der Waals surface area contributed by atoms with Crippen LogP contribution in [0.15, 0.2) is 30.5 Å². The lowest BCUT2D eigenvalue weighted by Crippen LogP contribution is -2.25. The Morgan fingerprint density at radius 3 is 2.62 bits per heavy atom. The zero-order chi connectivity index (χ0) is 14.7. The molecule has 0 aliphatic heterocycles. The molecule has 1 aromatic heterocycles. The predicted octanol–water partition coefficient (Wildman–Crippen LogP) is 2.93. The first kappa shape index (κ1) is 13.8. The number of anilines is 1. The highest BCUT2D eigenvalue weighted by Crippen LogP contribution is 2.29. The SMILES string of the molecule is O=C(O)C1CCC(CNc2cnc3ccccc3n2)CC1. The van der Waals surface area contributed by atoms with Crippen LogP contribution in [0.2, 0.25) is 0 Å². The lowest BCUT2D eigenvalue weighted by atomic mass is 9.82. The number of carboxylic acid groups (broad SMARTS) is 1. The van der Waals surface area contributed by atoms with E-state index >= 15 is 0 Å². The van der Waals surface area contributed by atoms with Gasteiger partial charge in [-0.25, -0.2) is 4.98 Å². The Labute approximate surface area is 123 Å². The lowest BCUT2D eigenvalue weighted by Gasteiger charge is -2.26. The molecule has 0 atom stereocenters. The molecule has 0 unspecified atom stereocenters. The maximum Gasteiger partial charge on any atom is 0.306 e. The van der Waals surface area contributed by atoms with E-state index in [2.05, 4.69) is 15.3 Å². The molecule has 2 N–H and O–H groups in total. The van der Waals surface area contributed by atoms with Crippen LogP contribution in [0.5, 0.6) is 0 Å². The highest BCUT2D eigenvalue weighted by molar-refractivity contribution is 5.75. The molecule has 1 fully saturated rings.